The van der Waals surface area contributed by atoms with E-state index in [9.17, 15) is 5.11 Å². The molecule has 0 aromatic carbocycles. The second kappa shape index (κ2) is 6.60. The van der Waals surface area contributed by atoms with Crippen LogP contribution < -0.4 is 0 Å². The molecule has 0 spiro atoms. The van der Waals surface area contributed by atoms with Gasteiger partial charge in [0.05, 0.1) is 12.7 Å². The lowest BCUT2D eigenvalue weighted by Crippen LogP contribution is -2.50. The summed E-state index contributed by atoms with van der Waals surface area (Å²) in [4.78, 5) is 4.54. The van der Waals surface area contributed by atoms with Crippen molar-refractivity contribution in [1.82, 2.24) is 9.80 Å². The zero-order valence-electron chi connectivity index (χ0n) is 15.0. The highest BCUT2D eigenvalue weighted by atomic mass is 16.6. The van der Waals surface area contributed by atoms with E-state index in [4.69, 9.17) is 9.84 Å². The average molecular weight is 326 g/mol. The van der Waals surface area contributed by atoms with E-state index < -0.39 is 6.29 Å². The fourth-order valence-electron chi connectivity index (χ4n) is 5.13. The minimum atomic E-state index is -0.684. The fraction of sp³-hybridized carbons (Fsp3) is 1.00. The monoisotopic (exact) mass is 326 g/mol. The minimum absolute atomic E-state index is 0.196. The SMILES string of the molecule is CC1(C)C2CCC1(C)C(OC(O)CN1CCN(CCO)CC1)C2. The van der Waals surface area contributed by atoms with Gasteiger partial charge in [-0.2, -0.15) is 0 Å². The molecule has 2 saturated carbocycles. The third-order valence-corrected chi connectivity index (χ3v) is 7.33. The zero-order chi connectivity index (χ0) is 16.7. The van der Waals surface area contributed by atoms with Crippen LogP contribution in [-0.4, -0.2) is 78.3 Å². The molecule has 1 aliphatic heterocycles. The van der Waals surface area contributed by atoms with Crippen LogP contribution in [0.3, 0.4) is 0 Å². The van der Waals surface area contributed by atoms with E-state index in [1.54, 1.807) is 0 Å². The molecule has 5 heteroatoms. The Morgan fingerprint density at radius 2 is 1.78 bits per heavy atom. The van der Waals surface area contributed by atoms with Crippen molar-refractivity contribution in [1.29, 1.82) is 0 Å². The largest absolute Gasteiger partial charge is 0.395 e. The van der Waals surface area contributed by atoms with Gasteiger partial charge in [-0.1, -0.05) is 20.8 Å². The van der Waals surface area contributed by atoms with Crippen molar-refractivity contribution in [3.63, 3.8) is 0 Å². The standard InChI is InChI=1S/C18H34N2O3/c1-17(2)14-4-5-18(17,3)15(12-14)23-16(22)13-20-8-6-19(7-9-20)10-11-21/h14-16,21-22H,4-13H2,1-3H3. The minimum Gasteiger partial charge on any atom is -0.395 e. The molecule has 3 aliphatic rings. The Morgan fingerprint density at radius 3 is 2.30 bits per heavy atom. The molecule has 0 aromatic heterocycles. The second-order valence-corrected chi connectivity index (χ2v) is 8.56. The van der Waals surface area contributed by atoms with Gasteiger partial charge in [0.1, 0.15) is 0 Å². The van der Waals surface area contributed by atoms with Crippen LogP contribution in [0.25, 0.3) is 0 Å². The van der Waals surface area contributed by atoms with Crippen molar-refractivity contribution in [2.75, 3.05) is 45.9 Å². The summed E-state index contributed by atoms with van der Waals surface area (Å²) in [5.74, 6) is 0.742. The molecule has 0 aromatic rings. The Morgan fingerprint density at radius 1 is 1.13 bits per heavy atom. The Kier molecular flexibility index (Phi) is 5.06. The van der Waals surface area contributed by atoms with Crippen molar-refractivity contribution in [3.05, 3.63) is 0 Å². The predicted molar refractivity (Wildman–Crippen MR) is 90.1 cm³/mol. The molecule has 4 unspecified atom stereocenters. The van der Waals surface area contributed by atoms with Crippen LogP contribution in [0.2, 0.25) is 0 Å². The van der Waals surface area contributed by atoms with Crippen LogP contribution in [0.1, 0.15) is 40.0 Å². The van der Waals surface area contributed by atoms with Crippen molar-refractivity contribution in [2.45, 2.75) is 52.4 Å². The van der Waals surface area contributed by atoms with Crippen LogP contribution >= 0.6 is 0 Å². The summed E-state index contributed by atoms with van der Waals surface area (Å²) in [6.07, 6.45) is 3.15. The average Bonchev–Trinajstić information content (AvgIpc) is 2.83. The first-order valence-electron chi connectivity index (χ1n) is 9.26. The van der Waals surface area contributed by atoms with Crippen LogP contribution in [-0.2, 0) is 4.74 Å². The number of aliphatic hydroxyl groups excluding tert-OH is 2. The topological polar surface area (TPSA) is 56.2 Å². The van der Waals surface area contributed by atoms with Crippen LogP contribution in [0.5, 0.6) is 0 Å². The second-order valence-electron chi connectivity index (χ2n) is 8.56. The van der Waals surface area contributed by atoms with Crippen LogP contribution in [0.15, 0.2) is 0 Å². The molecular formula is C18H34N2O3. The number of hydrogen-bond acceptors (Lipinski definition) is 5. The molecule has 1 heterocycles. The molecule has 2 N–H and O–H groups in total. The highest BCUT2D eigenvalue weighted by Crippen LogP contribution is 2.66. The van der Waals surface area contributed by atoms with Gasteiger partial charge in [-0.3, -0.25) is 9.80 Å². The molecule has 3 fully saturated rings. The number of piperazine rings is 1. The first-order valence-corrected chi connectivity index (χ1v) is 9.26. The smallest absolute Gasteiger partial charge is 0.167 e. The summed E-state index contributed by atoms with van der Waals surface area (Å²) in [5.41, 5.74) is 0.534. The van der Waals surface area contributed by atoms with E-state index >= 15 is 0 Å². The molecule has 0 radical (unpaired) electrons. The molecule has 3 rings (SSSR count). The molecule has 5 nitrogen and oxygen atoms in total. The van der Waals surface area contributed by atoms with E-state index in [1.165, 1.54) is 12.8 Å². The normalized spacial score (nSPS) is 39.0. The van der Waals surface area contributed by atoms with E-state index in [2.05, 4.69) is 30.6 Å². The van der Waals surface area contributed by atoms with Gasteiger partial charge in [-0.05, 0) is 36.0 Å². The number of aliphatic hydroxyl groups is 2. The van der Waals surface area contributed by atoms with Crippen molar-refractivity contribution in [3.8, 4) is 0 Å². The number of fused-ring (bicyclic) bond motifs is 2. The van der Waals surface area contributed by atoms with Crippen molar-refractivity contribution in [2.24, 2.45) is 16.7 Å². The third-order valence-electron chi connectivity index (χ3n) is 7.33. The summed E-state index contributed by atoms with van der Waals surface area (Å²) in [7, 11) is 0. The molecule has 1 saturated heterocycles. The predicted octanol–water partition coefficient (Wildman–Crippen LogP) is 1.15. The van der Waals surface area contributed by atoms with Gasteiger partial charge in [0.2, 0.25) is 0 Å². The molecular weight excluding hydrogens is 292 g/mol. The Labute approximate surface area is 140 Å². The lowest BCUT2D eigenvalue weighted by Gasteiger charge is -2.40. The molecule has 134 valence electrons. The van der Waals surface area contributed by atoms with Crippen LogP contribution in [0.4, 0.5) is 0 Å². The summed E-state index contributed by atoms with van der Waals surface area (Å²) >= 11 is 0. The highest BCUT2D eigenvalue weighted by molar-refractivity contribution is 5.11. The zero-order valence-corrected chi connectivity index (χ0v) is 15.0. The van der Waals surface area contributed by atoms with Gasteiger partial charge in [0.15, 0.2) is 6.29 Å². The number of β-amino-alcohol motifs (C(OH)–C–C–N with tert-alkyl or cyclic N) is 2. The summed E-state index contributed by atoms with van der Waals surface area (Å²) in [5, 5.41) is 19.4. The first kappa shape index (κ1) is 17.6. The highest BCUT2D eigenvalue weighted by Gasteiger charge is 2.62. The van der Waals surface area contributed by atoms with E-state index in [1.807, 2.05) is 0 Å². The maximum atomic E-state index is 10.4. The van der Waals surface area contributed by atoms with Crippen molar-refractivity contribution < 1.29 is 14.9 Å². The Balaban J connectivity index is 1.47. The first-order chi connectivity index (χ1) is 10.9. The Bertz CT molecular complexity index is 409. The molecule has 23 heavy (non-hydrogen) atoms. The molecule has 2 bridgehead atoms. The lowest BCUT2D eigenvalue weighted by molar-refractivity contribution is -0.181. The van der Waals surface area contributed by atoms with Gasteiger partial charge in [-0.15, -0.1) is 0 Å². The lowest BCUT2D eigenvalue weighted by atomic mass is 9.70. The van der Waals surface area contributed by atoms with E-state index in [-0.39, 0.29) is 18.1 Å². The van der Waals surface area contributed by atoms with Gasteiger partial charge in [-0.25, -0.2) is 0 Å². The van der Waals surface area contributed by atoms with Gasteiger partial charge < -0.3 is 14.9 Å². The van der Waals surface area contributed by atoms with Gasteiger partial charge in [0.25, 0.3) is 0 Å². The third kappa shape index (κ3) is 3.19. The quantitative estimate of drug-likeness (QED) is 0.717. The molecule has 0 amide bonds. The maximum Gasteiger partial charge on any atom is 0.167 e. The fourth-order valence-corrected chi connectivity index (χ4v) is 5.13. The number of hydrogen-bond donors (Lipinski definition) is 2. The van der Waals surface area contributed by atoms with E-state index in [0.717, 1.165) is 45.1 Å². The molecule has 2 aliphatic carbocycles. The number of ether oxygens (including phenoxy) is 1. The summed E-state index contributed by atoms with van der Waals surface area (Å²) < 4.78 is 6.12. The van der Waals surface area contributed by atoms with Gasteiger partial charge >= 0.3 is 0 Å². The number of nitrogens with zero attached hydrogens (tertiary/aromatic N) is 2. The maximum absolute atomic E-state index is 10.4. The Hall–Kier alpha value is -0.200. The number of rotatable bonds is 6. The summed E-state index contributed by atoms with van der Waals surface area (Å²) in [6.45, 7) is 12.5. The molecule has 4 atom stereocenters. The van der Waals surface area contributed by atoms with Gasteiger partial charge in [0, 0.05) is 39.3 Å². The van der Waals surface area contributed by atoms with Crippen molar-refractivity contribution >= 4 is 0 Å². The van der Waals surface area contributed by atoms with Crippen LogP contribution in [0, 0.1) is 16.7 Å². The summed E-state index contributed by atoms with van der Waals surface area (Å²) in [6, 6.07) is 0. The van der Waals surface area contributed by atoms with E-state index in [0.29, 0.717) is 12.0 Å².